The third-order valence-corrected chi connectivity index (χ3v) is 5.15. The fraction of sp³-hybridized carbons (Fsp3) is 0.737. The molecule has 7 nitrogen and oxygen atoms in total. The number of rotatable bonds is 7. The second-order valence-electron chi connectivity index (χ2n) is 7.66. The lowest BCUT2D eigenvalue weighted by Crippen LogP contribution is -2.53. The van der Waals surface area contributed by atoms with Crippen molar-refractivity contribution in [2.24, 2.45) is 11.8 Å². The predicted octanol–water partition coefficient (Wildman–Crippen LogP) is 1.35. The van der Waals surface area contributed by atoms with Crippen molar-refractivity contribution in [2.75, 3.05) is 27.2 Å². The van der Waals surface area contributed by atoms with Crippen LogP contribution in [0.1, 0.15) is 40.5 Å². The summed E-state index contributed by atoms with van der Waals surface area (Å²) < 4.78 is 0. The highest BCUT2D eigenvalue weighted by molar-refractivity contribution is 5.88. The molecule has 1 heterocycles. The Morgan fingerprint density at radius 1 is 1.35 bits per heavy atom. The van der Waals surface area contributed by atoms with Gasteiger partial charge < -0.3 is 15.3 Å². The minimum atomic E-state index is -1.00. The third kappa shape index (κ3) is 5.83. The minimum Gasteiger partial charge on any atom is -0.478 e. The molecule has 7 heteroatoms. The first-order chi connectivity index (χ1) is 12.1. The van der Waals surface area contributed by atoms with Crippen molar-refractivity contribution >= 4 is 17.8 Å². The van der Waals surface area contributed by atoms with E-state index in [1.807, 2.05) is 25.8 Å². The summed E-state index contributed by atoms with van der Waals surface area (Å²) in [6.07, 6.45) is 3.67. The number of aliphatic carboxylic acids is 1. The molecule has 1 fully saturated rings. The minimum absolute atomic E-state index is 0.0541. The van der Waals surface area contributed by atoms with E-state index in [1.165, 1.54) is 11.8 Å². The Bertz CT molecular complexity index is 549. The number of nitrogens with zero attached hydrogens (tertiary/aromatic N) is 2. The lowest BCUT2D eigenvalue weighted by molar-refractivity contribution is -0.136. The molecule has 1 rings (SSSR count). The van der Waals surface area contributed by atoms with Gasteiger partial charge in [-0.3, -0.25) is 14.5 Å². The molecule has 0 spiro atoms. The molecule has 148 valence electrons. The summed E-state index contributed by atoms with van der Waals surface area (Å²) in [5.74, 6) is -1.05. The highest BCUT2D eigenvalue weighted by atomic mass is 16.4. The van der Waals surface area contributed by atoms with E-state index < -0.39 is 5.97 Å². The highest BCUT2D eigenvalue weighted by Crippen LogP contribution is 2.21. The van der Waals surface area contributed by atoms with Gasteiger partial charge >= 0.3 is 5.97 Å². The molecule has 2 N–H and O–H groups in total. The number of piperidine rings is 1. The van der Waals surface area contributed by atoms with E-state index in [4.69, 9.17) is 5.11 Å². The van der Waals surface area contributed by atoms with Crippen LogP contribution in [-0.4, -0.2) is 72.0 Å². The van der Waals surface area contributed by atoms with Crippen molar-refractivity contribution in [3.05, 3.63) is 11.6 Å². The average molecular weight is 367 g/mol. The quantitative estimate of drug-likeness (QED) is 0.663. The first kappa shape index (κ1) is 22.2. The number of likely N-dealkylation sites (tertiary alicyclic amines) is 1. The molecular formula is C19H33N3O4. The fourth-order valence-electron chi connectivity index (χ4n) is 3.49. The van der Waals surface area contributed by atoms with E-state index in [1.54, 1.807) is 13.1 Å². The number of carboxylic acids is 1. The maximum absolute atomic E-state index is 12.5. The predicted molar refractivity (Wildman–Crippen MR) is 101 cm³/mol. The second kappa shape index (κ2) is 9.71. The maximum atomic E-state index is 12.5. The van der Waals surface area contributed by atoms with Crippen molar-refractivity contribution in [3.63, 3.8) is 0 Å². The van der Waals surface area contributed by atoms with Gasteiger partial charge in [0.15, 0.2) is 0 Å². The number of carboxylic acid groups (broad SMARTS) is 1. The first-order valence-electron chi connectivity index (χ1n) is 9.21. The number of nitrogens with one attached hydrogen (secondary N) is 1. The summed E-state index contributed by atoms with van der Waals surface area (Å²) in [5, 5.41) is 11.8. The van der Waals surface area contributed by atoms with Crippen molar-refractivity contribution in [1.82, 2.24) is 15.1 Å². The molecule has 0 radical (unpaired) electrons. The Hall–Kier alpha value is -1.89. The Morgan fingerprint density at radius 2 is 1.96 bits per heavy atom. The number of carbonyl (C=O) groups excluding carboxylic acids is 2. The van der Waals surface area contributed by atoms with E-state index >= 15 is 0 Å². The topological polar surface area (TPSA) is 90.0 Å². The molecule has 0 aliphatic carbocycles. The van der Waals surface area contributed by atoms with Crippen LogP contribution in [0.4, 0.5) is 0 Å². The number of amides is 2. The molecule has 1 aliphatic heterocycles. The van der Waals surface area contributed by atoms with Gasteiger partial charge in [0.05, 0.1) is 18.6 Å². The smallest absolute Gasteiger partial charge is 0.331 e. The molecule has 0 saturated carbocycles. The molecule has 1 aliphatic rings. The van der Waals surface area contributed by atoms with Crippen molar-refractivity contribution in [2.45, 2.75) is 52.6 Å². The van der Waals surface area contributed by atoms with Gasteiger partial charge in [-0.25, -0.2) is 4.79 Å². The Morgan fingerprint density at radius 3 is 2.46 bits per heavy atom. The van der Waals surface area contributed by atoms with Crippen LogP contribution in [0, 0.1) is 11.8 Å². The lowest BCUT2D eigenvalue weighted by Gasteiger charge is -2.36. The van der Waals surface area contributed by atoms with E-state index in [0.29, 0.717) is 0 Å². The van der Waals surface area contributed by atoms with E-state index in [2.05, 4.69) is 12.2 Å². The van der Waals surface area contributed by atoms with Crippen molar-refractivity contribution in [3.8, 4) is 0 Å². The summed E-state index contributed by atoms with van der Waals surface area (Å²) in [5.41, 5.74) is 0.199. The van der Waals surface area contributed by atoms with Crippen LogP contribution in [-0.2, 0) is 14.4 Å². The van der Waals surface area contributed by atoms with E-state index in [-0.39, 0.29) is 47.9 Å². The summed E-state index contributed by atoms with van der Waals surface area (Å²) >= 11 is 0. The molecule has 3 atom stereocenters. The van der Waals surface area contributed by atoms with Crippen molar-refractivity contribution < 1.29 is 19.5 Å². The standard InChI is InChI=1S/C19H33N3O4/c1-12(2)15(10-14(4)19(25)26)22(6)16(23)11-20-18(24)17-13(3)8-7-9-21(17)5/h10,12-13,15,17H,7-9,11H2,1-6H3,(H,20,24)(H,25,26)/t13?,15-,17?/m1/s1. The largest absolute Gasteiger partial charge is 0.478 e. The molecule has 1 saturated heterocycles. The third-order valence-electron chi connectivity index (χ3n) is 5.15. The molecule has 0 aromatic heterocycles. The number of carbonyl (C=O) groups is 3. The van der Waals surface area contributed by atoms with Gasteiger partial charge in [-0.1, -0.05) is 26.8 Å². The summed E-state index contributed by atoms with van der Waals surface area (Å²) in [6.45, 7) is 8.22. The number of hydrogen-bond acceptors (Lipinski definition) is 4. The molecule has 0 aromatic rings. The highest BCUT2D eigenvalue weighted by Gasteiger charge is 2.32. The summed E-state index contributed by atoms with van der Waals surface area (Å²) in [4.78, 5) is 39.6. The molecule has 2 unspecified atom stereocenters. The van der Waals surface area contributed by atoms with E-state index in [0.717, 1.165) is 19.4 Å². The van der Waals surface area contributed by atoms with Crippen LogP contribution in [0.25, 0.3) is 0 Å². The monoisotopic (exact) mass is 367 g/mol. The number of likely N-dealkylation sites (N-methyl/N-ethyl adjacent to an activating group) is 2. The summed E-state index contributed by atoms with van der Waals surface area (Å²) in [6, 6.07) is -0.552. The van der Waals surface area contributed by atoms with Gasteiger partial charge in [-0.15, -0.1) is 0 Å². The zero-order chi connectivity index (χ0) is 20.0. The zero-order valence-electron chi connectivity index (χ0n) is 16.8. The molecule has 0 bridgehead atoms. The van der Waals surface area contributed by atoms with Crippen LogP contribution in [0.3, 0.4) is 0 Å². The Kier molecular flexibility index (Phi) is 8.27. The van der Waals surface area contributed by atoms with Gasteiger partial charge in [0.25, 0.3) is 0 Å². The number of hydrogen-bond donors (Lipinski definition) is 2. The SMILES string of the molecule is CC(=C[C@H](C(C)C)N(C)C(=O)CNC(=O)C1C(C)CCCN1C)C(=O)O. The fourth-order valence-corrected chi connectivity index (χ4v) is 3.49. The van der Waals surface area contributed by atoms with Crippen LogP contribution in [0.15, 0.2) is 11.6 Å². The first-order valence-corrected chi connectivity index (χ1v) is 9.21. The van der Waals surface area contributed by atoms with Crippen LogP contribution in [0.5, 0.6) is 0 Å². The van der Waals surface area contributed by atoms with Gasteiger partial charge in [0.1, 0.15) is 0 Å². The van der Waals surface area contributed by atoms with Gasteiger partial charge in [0.2, 0.25) is 11.8 Å². The van der Waals surface area contributed by atoms with Crippen LogP contribution >= 0.6 is 0 Å². The maximum Gasteiger partial charge on any atom is 0.331 e. The molecule has 0 aromatic carbocycles. The van der Waals surface area contributed by atoms with E-state index in [9.17, 15) is 14.4 Å². The Balaban J connectivity index is 2.71. The normalized spacial score (nSPS) is 22.8. The average Bonchev–Trinajstić information content (AvgIpc) is 2.56. The van der Waals surface area contributed by atoms with Gasteiger partial charge in [0, 0.05) is 12.6 Å². The zero-order valence-corrected chi connectivity index (χ0v) is 16.8. The molecule has 2 amide bonds. The van der Waals surface area contributed by atoms with Crippen LogP contribution < -0.4 is 5.32 Å². The van der Waals surface area contributed by atoms with Crippen molar-refractivity contribution in [1.29, 1.82) is 0 Å². The van der Waals surface area contributed by atoms with Gasteiger partial charge in [-0.2, -0.15) is 0 Å². The molecule has 26 heavy (non-hydrogen) atoms. The summed E-state index contributed by atoms with van der Waals surface area (Å²) in [7, 11) is 3.57. The Labute approximate surface area is 156 Å². The lowest BCUT2D eigenvalue weighted by atomic mass is 9.90. The second-order valence-corrected chi connectivity index (χ2v) is 7.66. The van der Waals surface area contributed by atoms with Crippen LogP contribution in [0.2, 0.25) is 0 Å². The molecular weight excluding hydrogens is 334 g/mol. The van der Waals surface area contributed by atoms with Gasteiger partial charge in [-0.05, 0) is 45.2 Å².